The summed E-state index contributed by atoms with van der Waals surface area (Å²) in [5.74, 6) is -0.358. The molecule has 0 aliphatic carbocycles. The molecule has 0 spiro atoms. The monoisotopic (exact) mass is 414 g/mol. The lowest BCUT2D eigenvalue weighted by Gasteiger charge is -2.05. The predicted molar refractivity (Wildman–Crippen MR) is 121 cm³/mol. The van der Waals surface area contributed by atoms with Crippen LogP contribution in [0, 0.1) is 0 Å². The van der Waals surface area contributed by atoms with Gasteiger partial charge < -0.3 is 0 Å². The van der Waals surface area contributed by atoms with Gasteiger partial charge in [-0.15, -0.1) is 0 Å². The Morgan fingerprint density at radius 2 is 1.53 bits per heavy atom. The summed E-state index contributed by atoms with van der Waals surface area (Å²) in [4.78, 5) is 12.4. The highest BCUT2D eigenvalue weighted by atomic mass is 35.5. The summed E-state index contributed by atoms with van der Waals surface area (Å²) in [6, 6.07) is 27.2. The minimum atomic E-state index is -0.358. The summed E-state index contributed by atoms with van der Waals surface area (Å²) in [5.41, 5.74) is 8.36. The van der Waals surface area contributed by atoms with Crippen LogP contribution in [0.2, 0.25) is 5.02 Å². The fourth-order valence-electron chi connectivity index (χ4n) is 3.00. The van der Waals surface area contributed by atoms with Gasteiger partial charge in [-0.05, 0) is 41.8 Å². The van der Waals surface area contributed by atoms with Crippen LogP contribution >= 0.6 is 11.6 Å². The number of H-pyrrole nitrogens is 1. The molecule has 6 heteroatoms. The lowest BCUT2D eigenvalue weighted by atomic mass is 10.0. The summed E-state index contributed by atoms with van der Waals surface area (Å²) in [7, 11) is 0. The average molecular weight is 415 g/mol. The molecule has 4 rings (SSSR count). The molecule has 1 heterocycles. The third-order valence-corrected chi connectivity index (χ3v) is 4.95. The van der Waals surface area contributed by atoms with E-state index in [2.05, 4.69) is 32.9 Å². The molecule has 0 bridgehead atoms. The maximum Gasteiger partial charge on any atom is 0.289 e. The fraction of sp³-hybridized carbons (Fsp3) is 0.0417. The van der Waals surface area contributed by atoms with E-state index in [1.165, 1.54) is 0 Å². The van der Waals surface area contributed by atoms with Crippen LogP contribution in [0.4, 0.5) is 0 Å². The molecule has 0 saturated heterocycles. The predicted octanol–water partition coefficient (Wildman–Crippen LogP) is 5.55. The number of aromatic nitrogens is 2. The number of aromatic amines is 1. The van der Waals surface area contributed by atoms with Crippen molar-refractivity contribution in [2.24, 2.45) is 5.10 Å². The van der Waals surface area contributed by atoms with E-state index in [4.69, 9.17) is 11.6 Å². The van der Waals surface area contributed by atoms with E-state index in [0.717, 1.165) is 22.3 Å². The van der Waals surface area contributed by atoms with Crippen LogP contribution in [0.3, 0.4) is 0 Å². The number of nitrogens with one attached hydrogen (secondary N) is 2. The van der Waals surface area contributed by atoms with Crippen LogP contribution in [-0.2, 0) is 0 Å². The topological polar surface area (TPSA) is 70.1 Å². The lowest BCUT2D eigenvalue weighted by molar-refractivity contribution is 0.0950. The van der Waals surface area contributed by atoms with Gasteiger partial charge in [-0.1, -0.05) is 78.3 Å². The molecule has 0 radical (unpaired) electrons. The Hall–Kier alpha value is -3.70. The van der Waals surface area contributed by atoms with Crippen molar-refractivity contribution in [3.8, 4) is 22.4 Å². The van der Waals surface area contributed by atoms with E-state index >= 15 is 0 Å². The van der Waals surface area contributed by atoms with E-state index in [9.17, 15) is 4.79 Å². The van der Waals surface area contributed by atoms with Crippen molar-refractivity contribution in [3.63, 3.8) is 0 Å². The van der Waals surface area contributed by atoms with E-state index in [0.29, 0.717) is 22.1 Å². The van der Waals surface area contributed by atoms with Crippen molar-refractivity contribution < 1.29 is 4.79 Å². The van der Waals surface area contributed by atoms with Crippen molar-refractivity contribution in [2.45, 2.75) is 6.92 Å². The first-order valence-electron chi connectivity index (χ1n) is 9.42. The summed E-state index contributed by atoms with van der Waals surface area (Å²) in [5, 5.41) is 11.8. The Bertz CT molecular complexity index is 1180. The lowest BCUT2D eigenvalue weighted by Crippen LogP contribution is -2.19. The summed E-state index contributed by atoms with van der Waals surface area (Å²) >= 11 is 5.91. The number of halogens is 1. The number of rotatable bonds is 5. The van der Waals surface area contributed by atoms with Gasteiger partial charge >= 0.3 is 0 Å². The van der Waals surface area contributed by atoms with Gasteiger partial charge in [-0.25, -0.2) is 5.43 Å². The van der Waals surface area contributed by atoms with Gasteiger partial charge in [-0.2, -0.15) is 10.2 Å². The number of carbonyl (C=O) groups is 1. The molecule has 5 nitrogen and oxygen atoms in total. The molecule has 3 aromatic carbocycles. The molecule has 0 unspecified atom stereocenters. The molecule has 4 aromatic rings. The molecular formula is C24H19ClN4O. The van der Waals surface area contributed by atoms with Crippen LogP contribution in [0.5, 0.6) is 0 Å². The number of benzene rings is 3. The Labute approximate surface area is 179 Å². The smallest absolute Gasteiger partial charge is 0.272 e. The van der Waals surface area contributed by atoms with Crippen LogP contribution in [0.25, 0.3) is 22.4 Å². The van der Waals surface area contributed by atoms with Gasteiger partial charge in [0.25, 0.3) is 5.91 Å². The van der Waals surface area contributed by atoms with Gasteiger partial charge in [0.05, 0.1) is 11.4 Å². The molecule has 2 N–H and O–H groups in total. The molecule has 0 fully saturated rings. The van der Waals surface area contributed by atoms with Crippen LogP contribution < -0.4 is 5.43 Å². The van der Waals surface area contributed by atoms with E-state index in [-0.39, 0.29) is 5.91 Å². The van der Waals surface area contributed by atoms with Gasteiger partial charge in [0.2, 0.25) is 0 Å². The van der Waals surface area contributed by atoms with Gasteiger partial charge in [-0.3, -0.25) is 9.89 Å². The molecule has 0 saturated carbocycles. The third-order valence-electron chi connectivity index (χ3n) is 4.70. The largest absolute Gasteiger partial charge is 0.289 e. The number of hydrogen-bond acceptors (Lipinski definition) is 3. The first kappa shape index (κ1) is 19.6. The number of hydrogen-bond donors (Lipinski definition) is 2. The number of nitrogens with zero attached hydrogens (tertiary/aromatic N) is 2. The third kappa shape index (κ3) is 4.47. The van der Waals surface area contributed by atoms with Crippen molar-refractivity contribution in [3.05, 3.63) is 101 Å². The number of hydrazone groups is 1. The average Bonchev–Trinajstić information content (AvgIpc) is 3.29. The van der Waals surface area contributed by atoms with Crippen molar-refractivity contribution in [2.75, 3.05) is 0 Å². The van der Waals surface area contributed by atoms with Crippen LogP contribution in [-0.4, -0.2) is 21.8 Å². The van der Waals surface area contributed by atoms with Gasteiger partial charge in [0, 0.05) is 10.6 Å². The first-order chi connectivity index (χ1) is 14.6. The summed E-state index contributed by atoms with van der Waals surface area (Å²) < 4.78 is 0. The van der Waals surface area contributed by atoms with Crippen molar-refractivity contribution in [1.82, 2.24) is 15.6 Å². The zero-order valence-electron chi connectivity index (χ0n) is 16.3. The van der Waals surface area contributed by atoms with Crippen LogP contribution in [0.15, 0.2) is 90.0 Å². The highest BCUT2D eigenvalue weighted by Crippen LogP contribution is 2.21. The molecule has 30 heavy (non-hydrogen) atoms. The second-order valence-electron chi connectivity index (χ2n) is 6.76. The SMILES string of the molecule is C/C(=N\NC(=O)c1cc(-c2ccc(Cl)cc2)n[nH]1)c1ccc(-c2ccccc2)cc1. The molecule has 0 atom stereocenters. The van der Waals surface area contributed by atoms with E-state index in [1.54, 1.807) is 18.2 Å². The van der Waals surface area contributed by atoms with E-state index in [1.807, 2.05) is 61.5 Å². The first-order valence-corrected chi connectivity index (χ1v) is 9.80. The van der Waals surface area contributed by atoms with Gasteiger partial charge in [0.1, 0.15) is 5.69 Å². The van der Waals surface area contributed by atoms with E-state index < -0.39 is 0 Å². The van der Waals surface area contributed by atoms with Gasteiger partial charge in [0.15, 0.2) is 0 Å². The maximum absolute atomic E-state index is 12.4. The Morgan fingerprint density at radius 3 is 2.23 bits per heavy atom. The zero-order chi connectivity index (χ0) is 20.9. The minimum Gasteiger partial charge on any atom is -0.272 e. The van der Waals surface area contributed by atoms with Crippen molar-refractivity contribution in [1.29, 1.82) is 0 Å². The Balaban J connectivity index is 1.43. The molecule has 148 valence electrons. The Kier molecular flexibility index (Phi) is 5.72. The molecule has 0 aliphatic rings. The molecular weight excluding hydrogens is 396 g/mol. The van der Waals surface area contributed by atoms with Crippen molar-refractivity contribution >= 4 is 23.2 Å². The molecule has 1 amide bonds. The minimum absolute atomic E-state index is 0.330. The Morgan fingerprint density at radius 1 is 0.900 bits per heavy atom. The highest BCUT2D eigenvalue weighted by molar-refractivity contribution is 6.30. The second kappa shape index (κ2) is 8.76. The quantitative estimate of drug-likeness (QED) is 0.332. The fourth-order valence-corrected chi connectivity index (χ4v) is 3.13. The van der Waals surface area contributed by atoms with Crippen LogP contribution in [0.1, 0.15) is 23.0 Å². The molecule has 0 aliphatic heterocycles. The summed E-state index contributed by atoms with van der Waals surface area (Å²) in [6.07, 6.45) is 0. The normalized spacial score (nSPS) is 11.3. The molecule has 1 aromatic heterocycles. The highest BCUT2D eigenvalue weighted by Gasteiger charge is 2.11. The second-order valence-corrected chi connectivity index (χ2v) is 7.19. The number of amides is 1. The number of carbonyl (C=O) groups excluding carboxylic acids is 1. The summed E-state index contributed by atoms with van der Waals surface area (Å²) in [6.45, 7) is 1.85. The zero-order valence-corrected chi connectivity index (χ0v) is 17.0. The standard InChI is InChI=1S/C24H19ClN4O/c1-16(17-7-9-19(10-8-17)18-5-3-2-4-6-18)26-29-24(30)23-15-22(27-28-23)20-11-13-21(25)14-12-20/h2-15H,1H3,(H,27,28)(H,29,30)/b26-16+. The maximum atomic E-state index is 12.4.